The van der Waals surface area contributed by atoms with Crippen molar-refractivity contribution in [2.24, 2.45) is 0 Å². The fourth-order valence-corrected chi connectivity index (χ4v) is 3.76. The Hall–Kier alpha value is -0.850. The van der Waals surface area contributed by atoms with Crippen molar-refractivity contribution in [3.63, 3.8) is 0 Å². The second kappa shape index (κ2) is 7.24. The molecule has 5 nitrogen and oxygen atoms in total. The van der Waals surface area contributed by atoms with Gasteiger partial charge in [-0.1, -0.05) is 31.4 Å². The van der Waals surface area contributed by atoms with E-state index < -0.39 is 10.0 Å². The van der Waals surface area contributed by atoms with E-state index in [1.165, 1.54) is 16.6 Å². The minimum atomic E-state index is -3.59. The van der Waals surface area contributed by atoms with Gasteiger partial charge in [0, 0.05) is 18.8 Å². The standard InChI is InChI=1S/C13H22ClN3O2S/c1-4-5-6-7-17(10(2)3)20(18,19)11-8-12(14)13(15)16-9-11/h8-10H,4-7H2,1-3H3,(H2,15,16). The highest BCUT2D eigenvalue weighted by atomic mass is 35.5. The van der Waals surface area contributed by atoms with Crippen LogP contribution in [0.25, 0.3) is 0 Å². The minimum absolute atomic E-state index is 0.0851. The fourth-order valence-electron chi connectivity index (χ4n) is 1.88. The first-order valence-corrected chi connectivity index (χ1v) is 8.55. The number of aromatic nitrogens is 1. The maximum absolute atomic E-state index is 12.6. The molecule has 114 valence electrons. The molecule has 0 unspecified atom stereocenters. The van der Waals surface area contributed by atoms with Gasteiger partial charge in [0.25, 0.3) is 0 Å². The molecule has 0 aromatic carbocycles. The van der Waals surface area contributed by atoms with Crippen molar-refractivity contribution < 1.29 is 8.42 Å². The lowest BCUT2D eigenvalue weighted by molar-refractivity contribution is 0.345. The van der Waals surface area contributed by atoms with Crippen LogP contribution in [0, 0.1) is 0 Å². The number of unbranched alkanes of at least 4 members (excludes halogenated alkanes) is 2. The Morgan fingerprint density at radius 1 is 1.40 bits per heavy atom. The number of hydrogen-bond donors (Lipinski definition) is 1. The summed E-state index contributed by atoms with van der Waals surface area (Å²) in [5.74, 6) is 0.132. The molecular weight excluding hydrogens is 298 g/mol. The number of halogens is 1. The van der Waals surface area contributed by atoms with Gasteiger partial charge in [-0.05, 0) is 26.3 Å². The van der Waals surface area contributed by atoms with E-state index in [4.69, 9.17) is 17.3 Å². The molecule has 0 saturated heterocycles. The van der Waals surface area contributed by atoms with Crippen LogP contribution in [0.15, 0.2) is 17.2 Å². The Balaban J connectivity index is 3.06. The van der Waals surface area contributed by atoms with Gasteiger partial charge in [-0.25, -0.2) is 13.4 Å². The van der Waals surface area contributed by atoms with Crippen LogP contribution in [-0.2, 0) is 10.0 Å². The van der Waals surface area contributed by atoms with Crippen LogP contribution < -0.4 is 5.73 Å². The molecule has 0 aliphatic heterocycles. The summed E-state index contributed by atoms with van der Waals surface area (Å²) in [7, 11) is -3.59. The fraction of sp³-hybridized carbons (Fsp3) is 0.615. The summed E-state index contributed by atoms with van der Waals surface area (Å²) < 4.78 is 26.7. The molecule has 0 amide bonds. The average molecular weight is 320 g/mol. The summed E-state index contributed by atoms with van der Waals surface area (Å²) in [5.41, 5.74) is 5.51. The molecular formula is C13H22ClN3O2S. The minimum Gasteiger partial charge on any atom is -0.382 e. The smallest absolute Gasteiger partial charge is 0.244 e. The zero-order valence-corrected chi connectivity index (χ0v) is 13.7. The quantitative estimate of drug-likeness (QED) is 0.784. The van der Waals surface area contributed by atoms with Gasteiger partial charge in [0.2, 0.25) is 10.0 Å². The van der Waals surface area contributed by atoms with Crippen LogP contribution in [0.2, 0.25) is 5.02 Å². The van der Waals surface area contributed by atoms with Crippen molar-refractivity contribution in [1.82, 2.24) is 9.29 Å². The highest BCUT2D eigenvalue weighted by molar-refractivity contribution is 7.89. The van der Waals surface area contributed by atoms with E-state index in [9.17, 15) is 8.42 Å². The zero-order chi connectivity index (χ0) is 15.3. The highest BCUT2D eigenvalue weighted by Gasteiger charge is 2.27. The second-order valence-electron chi connectivity index (χ2n) is 4.95. The molecule has 0 aliphatic rings. The molecule has 0 bridgehead atoms. The molecule has 2 N–H and O–H groups in total. The maximum Gasteiger partial charge on any atom is 0.244 e. The summed E-state index contributed by atoms with van der Waals surface area (Å²) in [6, 6.07) is 1.24. The van der Waals surface area contributed by atoms with Crippen LogP contribution >= 0.6 is 11.6 Å². The summed E-state index contributed by atoms with van der Waals surface area (Å²) in [5, 5.41) is 0.156. The first-order valence-electron chi connectivity index (χ1n) is 6.73. The number of pyridine rings is 1. The average Bonchev–Trinajstić information content (AvgIpc) is 2.37. The molecule has 1 aromatic heterocycles. The summed E-state index contributed by atoms with van der Waals surface area (Å²) in [6.45, 7) is 6.29. The molecule has 1 aromatic rings. The third-order valence-electron chi connectivity index (χ3n) is 3.01. The van der Waals surface area contributed by atoms with Crippen molar-refractivity contribution in [3.8, 4) is 0 Å². The predicted molar refractivity (Wildman–Crippen MR) is 82.2 cm³/mol. The van der Waals surface area contributed by atoms with Gasteiger partial charge < -0.3 is 5.73 Å². The van der Waals surface area contributed by atoms with E-state index in [-0.39, 0.29) is 21.8 Å². The Bertz CT molecular complexity index is 547. The third-order valence-corrected chi connectivity index (χ3v) is 5.35. The van der Waals surface area contributed by atoms with E-state index >= 15 is 0 Å². The molecule has 1 heterocycles. The van der Waals surface area contributed by atoms with E-state index in [2.05, 4.69) is 11.9 Å². The Morgan fingerprint density at radius 2 is 2.05 bits per heavy atom. The van der Waals surface area contributed by atoms with Crippen LogP contribution in [0.5, 0.6) is 0 Å². The van der Waals surface area contributed by atoms with E-state index in [0.29, 0.717) is 6.54 Å². The molecule has 0 spiro atoms. The van der Waals surface area contributed by atoms with Gasteiger partial charge >= 0.3 is 0 Å². The number of anilines is 1. The monoisotopic (exact) mass is 319 g/mol. The van der Waals surface area contributed by atoms with Gasteiger partial charge in [-0.15, -0.1) is 0 Å². The zero-order valence-electron chi connectivity index (χ0n) is 12.1. The number of nitrogen functional groups attached to an aromatic ring is 1. The van der Waals surface area contributed by atoms with Crippen molar-refractivity contribution in [3.05, 3.63) is 17.3 Å². The molecule has 1 rings (SSSR count). The normalized spacial score (nSPS) is 12.3. The molecule has 20 heavy (non-hydrogen) atoms. The molecule has 0 aliphatic carbocycles. The number of nitrogens with zero attached hydrogens (tertiary/aromatic N) is 2. The lowest BCUT2D eigenvalue weighted by Crippen LogP contribution is -2.37. The second-order valence-corrected chi connectivity index (χ2v) is 7.25. The van der Waals surface area contributed by atoms with Crippen molar-refractivity contribution in [1.29, 1.82) is 0 Å². The SMILES string of the molecule is CCCCCN(C(C)C)S(=O)(=O)c1cnc(N)c(Cl)c1. The number of hydrogen-bond acceptors (Lipinski definition) is 4. The van der Waals surface area contributed by atoms with Gasteiger partial charge in [0.1, 0.15) is 10.7 Å². The lowest BCUT2D eigenvalue weighted by atomic mass is 10.2. The van der Waals surface area contributed by atoms with E-state index in [1.807, 2.05) is 13.8 Å². The predicted octanol–water partition coefficient (Wildman–Crippen LogP) is 2.91. The molecule has 0 fully saturated rings. The van der Waals surface area contributed by atoms with Crippen molar-refractivity contribution >= 4 is 27.4 Å². The third kappa shape index (κ3) is 4.07. The van der Waals surface area contributed by atoms with Gasteiger partial charge in [0.05, 0.1) is 5.02 Å². The summed E-state index contributed by atoms with van der Waals surface area (Å²) >= 11 is 5.86. The van der Waals surface area contributed by atoms with Crippen molar-refractivity contribution in [2.75, 3.05) is 12.3 Å². The first kappa shape index (κ1) is 17.2. The molecule has 0 saturated carbocycles. The van der Waals surface area contributed by atoms with Gasteiger partial charge in [0.15, 0.2) is 0 Å². The van der Waals surface area contributed by atoms with Gasteiger partial charge in [-0.3, -0.25) is 0 Å². The number of nitrogens with two attached hydrogens (primary N) is 1. The van der Waals surface area contributed by atoms with E-state index in [0.717, 1.165) is 19.3 Å². The van der Waals surface area contributed by atoms with Gasteiger partial charge in [-0.2, -0.15) is 4.31 Å². The van der Waals surface area contributed by atoms with Crippen LogP contribution in [0.3, 0.4) is 0 Å². The molecule has 0 atom stereocenters. The lowest BCUT2D eigenvalue weighted by Gasteiger charge is -2.25. The number of sulfonamides is 1. The van der Waals surface area contributed by atoms with Crippen molar-refractivity contribution in [2.45, 2.75) is 51.0 Å². The molecule has 0 radical (unpaired) electrons. The number of rotatable bonds is 7. The summed E-state index contributed by atoms with van der Waals surface area (Å²) in [6.07, 6.45) is 4.14. The first-order chi connectivity index (χ1) is 9.30. The largest absolute Gasteiger partial charge is 0.382 e. The Kier molecular flexibility index (Phi) is 6.23. The highest BCUT2D eigenvalue weighted by Crippen LogP contribution is 2.24. The van der Waals surface area contributed by atoms with Crippen LogP contribution in [-0.4, -0.2) is 30.3 Å². The maximum atomic E-state index is 12.6. The van der Waals surface area contributed by atoms with Crippen LogP contribution in [0.4, 0.5) is 5.82 Å². The molecule has 7 heteroatoms. The summed E-state index contributed by atoms with van der Waals surface area (Å²) in [4.78, 5) is 3.91. The Labute approximate surface area is 126 Å². The van der Waals surface area contributed by atoms with Crippen LogP contribution in [0.1, 0.15) is 40.0 Å². The van der Waals surface area contributed by atoms with E-state index in [1.54, 1.807) is 0 Å². The Morgan fingerprint density at radius 3 is 2.55 bits per heavy atom. The topological polar surface area (TPSA) is 76.3 Å².